The van der Waals surface area contributed by atoms with Crippen molar-refractivity contribution in [2.75, 3.05) is 18.4 Å². The molecule has 1 aromatic rings. The molecule has 0 aromatic heterocycles. The van der Waals surface area contributed by atoms with Crippen LogP contribution in [-0.2, 0) is 17.1 Å². The summed E-state index contributed by atoms with van der Waals surface area (Å²) in [5, 5.41) is 34.4. The normalized spacial score (nSPS) is 4.90. The first-order valence-electron chi connectivity index (χ1n) is 4.54. The van der Waals surface area contributed by atoms with Gasteiger partial charge in [-0.2, -0.15) is 0 Å². The maximum atomic E-state index is 6.25. The molecule has 0 aliphatic rings. The van der Waals surface area contributed by atoms with Crippen molar-refractivity contribution >= 4 is 5.69 Å². The van der Waals surface area contributed by atoms with Gasteiger partial charge in [0.2, 0.25) is 0 Å². The topological polar surface area (TPSA) is 157 Å². The van der Waals surface area contributed by atoms with Crippen molar-refractivity contribution in [3.05, 3.63) is 63.2 Å². The molecular weight excluding hydrogens is 310 g/mol. The number of benzene rings is 1. The molecule has 0 saturated heterocycles. The van der Waals surface area contributed by atoms with Crippen LogP contribution in [0.5, 0.6) is 0 Å². The summed E-state index contributed by atoms with van der Waals surface area (Å²) in [6.07, 6.45) is 0. The molecule has 0 aliphatic heterocycles. The zero-order chi connectivity index (χ0) is 17.2. The molecule has 7 nitrogen and oxygen atoms in total. The van der Waals surface area contributed by atoms with Crippen LogP contribution < -0.4 is 11.1 Å². The van der Waals surface area contributed by atoms with E-state index in [1.54, 1.807) is 0 Å². The molecule has 0 unspecified atom stereocenters. The molecule has 107 valence electrons. The number of nitrogens with two attached hydrogens (primary N) is 1. The average molecular weight is 322 g/mol. The van der Waals surface area contributed by atoms with Gasteiger partial charge in [0.15, 0.2) is 0 Å². The second-order valence-corrected chi connectivity index (χ2v) is 2.08. The maximum Gasteiger partial charge on any atom is 5.00 e. The second kappa shape index (κ2) is 68.2. The summed E-state index contributed by atoms with van der Waals surface area (Å²) in [4.78, 5) is 0. The molecule has 0 bridgehead atoms. The Labute approximate surface area is 136 Å². The van der Waals surface area contributed by atoms with E-state index in [1.165, 1.54) is 0 Å². The molecule has 8 heteroatoms. The summed E-state index contributed by atoms with van der Waals surface area (Å²) in [5.74, 6) is 0. The van der Waals surface area contributed by atoms with E-state index in [0.29, 0.717) is 6.54 Å². The Morgan fingerprint density at radius 2 is 1.10 bits per heavy atom. The molecule has 0 heterocycles. The van der Waals surface area contributed by atoms with E-state index in [9.17, 15) is 0 Å². The van der Waals surface area contributed by atoms with E-state index in [0.717, 1.165) is 12.2 Å². The van der Waals surface area contributed by atoms with Crippen LogP contribution in [0.25, 0.3) is 0 Å². The van der Waals surface area contributed by atoms with Gasteiger partial charge < -0.3 is 70.2 Å². The van der Waals surface area contributed by atoms with Crippen molar-refractivity contribution in [3.63, 3.8) is 0 Å². The molecule has 0 fully saturated rings. The molecule has 0 spiro atoms. The summed E-state index contributed by atoms with van der Waals surface area (Å²) >= 11 is 0. The van der Waals surface area contributed by atoms with Gasteiger partial charge in [0, 0.05) is 18.8 Å². The van der Waals surface area contributed by atoms with Crippen LogP contribution in [0.15, 0.2) is 30.3 Å². The molecule has 0 atom stereocenters. The van der Waals surface area contributed by atoms with Gasteiger partial charge in [0.1, 0.15) is 0 Å². The Bertz CT molecular complexity index is 319. The monoisotopic (exact) mass is 322 g/mol. The van der Waals surface area contributed by atoms with E-state index in [4.69, 9.17) is 64.9 Å². The SMILES string of the molecule is NCCNc1ccccc1.[C-]#N.[C-]#N.[C-]#N.[C-]#N.[C-]#N.[Fe+5]. The number of hydrogen-bond acceptors (Lipinski definition) is 7. The quantitative estimate of drug-likeness (QED) is 0.631. The van der Waals surface area contributed by atoms with Gasteiger partial charge in [-0.3, -0.25) is 0 Å². The van der Waals surface area contributed by atoms with Crippen molar-refractivity contribution in [2.24, 2.45) is 5.73 Å². The predicted octanol–water partition coefficient (Wildman–Crippen LogP) is 1.54. The molecule has 0 amide bonds. The largest absolute Gasteiger partial charge is 5.00 e. The molecule has 3 N–H and O–H groups in total. The fraction of sp³-hybridized carbons (Fsp3) is 0.154. The first kappa shape index (κ1) is 36.1. The van der Waals surface area contributed by atoms with Crippen LogP contribution in [0.1, 0.15) is 0 Å². The van der Waals surface area contributed by atoms with Gasteiger partial charge in [-0.05, 0) is 12.1 Å². The van der Waals surface area contributed by atoms with Gasteiger partial charge in [0.25, 0.3) is 0 Å². The Hall–Kier alpha value is -3.05. The molecule has 21 heavy (non-hydrogen) atoms. The summed E-state index contributed by atoms with van der Waals surface area (Å²) in [7, 11) is 0. The summed E-state index contributed by atoms with van der Waals surface area (Å²) in [5.41, 5.74) is 6.45. The zero-order valence-electron chi connectivity index (χ0n) is 11.0. The Morgan fingerprint density at radius 1 is 0.762 bits per heavy atom. The standard InChI is InChI=1S/C8H12N2.5CN.Fe/c9-6-7-10-8-4-2-1-3-5-8;5*1-2;/h1-5,10H,6-7,9H2;;;;;;/q;5*-1;+5. The van der Waals surface area contributed by atoms with Crippen LogP contribution in [0, 0.1) is 59.2 Å². The molecule has 0 saturated carbocycles. The third-order valence-electron chi connectivity index (χ3n) is 1.25. The maximum absolute atomic E-state index is 6.25. The number of anilines is 1. The fourth-order valence-electron chi connectivity index (χ4n) is 0.773. The minimum absolute atomic E-state index is 0. The number of rotatable bonds is 3. The number of nitrogens with zero attached hydrogens (tertiary/aromatic N) is 5. The molecule has 1 aromatic carbocycles. The van der Waals surface area contributed by atoms with Crippen molar-refractivity contribution in [1.29, 1.82) is 26.3 Å². The minimum atomic E-state index is 0. The molecule has 0 aliphatic carbocycles. The van der Waals surface area contributed by atoms with Crippen molar-refractivity contribution in [2.45, 2.75) is 0 Å². The predicted molar refractivity (Wildman–Crippen MR) is 68.8 cm³/mol. The van der Waals surface area contributed by atoms with Crippen LogP contribution >= 0.6 is 0 Å². The third kappa shape index (κ3) is 47.3. The molecule has 1 rings (SSSR count). The summed E-state index contributed by atoms with van der Waals surface area (Å²) in [6, 6.07) is 10.0. The minimum Gasteiger partial charge on any atom is -0.512 e. The van der Waals surface area contributed by atoms with E-state index in [-0.39, 0.29) is 17.1 Å². The van der Waals surface area contributed by atoms with E-state index in [1.807, 2.05) is 30.3 Å². The van der Waals surface area contributed by atoms with Gasteiger partial charge in [0.05, 0.1) is 0 Å². The second-order valence-electron chi connectivity index (χ2n) is 2.08. The smallest absolute Gasteiger partial charge is 0.512 e. The van der Waals surface area contributed by atoms with Gasteiger partial charge >= 0.3 is 17.1 Å². The first-order valence-corrected chi connectivity index (χ1v) is 4.54. The van der Waals surface area contributed by atoms with Crippen LogP contribution in [0.4, 0.5) is 5.69 Å². The van der Waals surface area contributed by atoms with E-state index < -0.39 is 0 Å². The van der Waals surface area contributed by atoms with Gasteiger partial charge in [-0.15, -0.1) is 0 Å². The summed E-state index contributed by atoms with van der Waals surface area (Å²) < 4.78 is 0. The van der Waals surface area contributed by atoms with Crippen molar-refractivity contribution in [1.82, 2.24) is 0 Å². The Balaban J connectivity index is -0.0000000440. The van der Waals surface area contributed by atoms with Crippen LogP contribution in [0.2, 0.25) is 0 Å². The van der Waals surface area contributed by atoms with Gasteiger partial charge in [-0.25, -0.2) is 0 Å². The molecular formula is C13H12FeN7. The number of para-hydroxylation sites is 1. The Kier molecular flexibility index (Phi) is 117. The van der Waals surface area contributed by atoms with E-state index in [2.05, 4.69) is 5.32 Å². The zero-order valence-corrected chi connectivity index (χ0v) is 12.1. The fourth-order valence-corrected chi connectivity index (χ4v) is 0.773. The Morgan fingerprint density at radius 3 is 1.38 bits per heavy atom. The van der Waals surface area contributed by atoms with Gasteiger partial charge in [-0.1, -0.05) is 18.2 Å². The first-order chi connectivity index (χ1) is 9.93. The third-order valence-corrected chi connectivity index (χ3v) is 1.25. The summed E-state index contributed by atoms with van der Waals surface area (Å²) in [6.45, 7) is 25.3. The molecule has 1 radical (unpaired) electrons. The average Bonchev–Trinajstić information content (AvgIpc) is 2.63. The van der Waals surface area contributed by atoms with E-state index >= 15 is 0 Å². The van der Waals surface area contributed by atoms with Crippen LogP contribution in [-0.4, -0.2) is 13.1 Å². The van der Waals surface area contributed by atoms with Crippen molar-refractivity contribution < 1.29 is 17.1 Å². The van der Waals surface area contributed by atoms with Crippen LogP contribution in [0.3, 0.4) is 0 Å². The van der Waals surface area contributed by atoms with Crippen molar-refractivity contribution in [3.8, 4) is 0 Å². The number of hydrogen-bond donors (Lipinski definition) is 2. The number of nitrogens with one attached hydrogen (secondary N) is 1.